The van der Waals surface area contributed by atoms with Crippen molar-refractivity contribution in [2.24, 2.45) is 0 Å². The van der Waals surface area contributed by atoms with Gasteiger partial charge < -0.3 is 4.74 Å². The van der Waals surface area contributed by atoms with E-state index in [2.05, 4.69) is 0 Å². The highest BCUT2D eigenvalue weighted by Crippen LogP contribution is 2.33. The summed E-state index contributed by atoms with van der Waals surface area (Å²) in [6, 6.07) is 24.8. The average molecular weight is 543 g/mol. The van der Waals surface area contributed by atoms with Crippen LogP contribution >= 0.6 is 0 Å². The SMILES string of the molecule is O=C1c2ccccc2C(=O)c2c(CCCCCCCCOc3cccc4c3C(=O)c3ccccc3C4=O)cccc21. The van der Waals surface area contributed by atoms with E-state index in [1.54, 1.807) is 72.8 Å². The molecule has 0 atom stereocenters. The first-order chi connectivity index (χ1) is 20.1. The van der Waals surface area contributed by atoms with Gasteiger partial charge in [0.25, 0.3) is 0 Å². The summed E-state index contributed by atoms with van der Waals surface area (Å²) in [5.41, 5.74) is 4.66. The van der Waals surface area contributed by atoms with Crippen LogP contribution in [0.2, 0.25) is 0 Å². The number of carbonyl (C=O) groups is 4. The monoisotopic (exact) mass is 542 g/mol. The second-order valence-corrected chi connectivity index (χ2v) is 10.6. The number of benzene rings is 4. The molecule has 0 aliphatic heterocycles. The molecule has 41 heavy (non-hydrogen) atoms. The molecule has 0 bridgehead atoms. The highest BCUT2D eigenvalue weighted by Gasteiger charge is 2.32. The van der Waals surface area contributed by atoms with E-state index >= 15 is 0 Å². The van der Waals surface area contributed by atoms with Crippen molar-refractivity contribution in [1.82, 2.24) is 0 Å². The molecular formula is C36H30O5. The molecule has 0 aromatic heterocycles. The van der Waals surface area contributed by atoms with Gasteiger partial charge in [-0.25, -0.2) is 0 Å². The number of fused-ring (bicyclic) bond motifs is 4. The first-order valence-corrected chi connectivity index (χ1v) is 14.3. The number of aryl methyl sites for hydroxylation is 1. The molecule has 0 saturated heterocycles. The molecule has 4 aromatic carbocycles. The van der Waals surface area contributed by atoms with Gasteiger partial charge in [-0.1, -0.05) is 105 Å². The highest BCUT2D eigenvalue weighted by molar-refractivity contribution is 6.30. The molecule has 0 heterocycles. The average Bonchev–Trinajstić information content (AvgIpc) is 3.01. The van der Waals surface area contributed by atoms with Gasteiger partial charge in [0, 0.05) is 38.9 Å². The van der Waals surface area contributed by atoms with Gasteiger partial charge >= 0.3 is 0 Å². The number of unbranched alkanes of at least 4 members (excludes halogenated alkanes) is 5. The van der Waals surface area contributed by atoms with Gasteiger partial charge in [0.1, 0.15) is 5.75 Å². The molecule has 2 aliphatic carbocycles. The Hall–Kier alpha value is -4.64. The molecule has 0 radical (unpaired) electrons. The van der Waals surface area contributed by atoms with Crippen LogP contribution in [0.3, 0.4) is 0 Å². The lowest BCUT2D eigenvalue weighted by molar-refractivity contribution is 0.0975. The Morgan fingerprint density at radius 3 is 1.51 bits per heavy atom. The summed E-state index contributed by atoms with van der Waals surface area (Å²) in [5.74, 6) is 0.0345. The third-order valence-electron chi connectivity index (χ3n) is 8.05. The van der Waals surface area contributed by atoms with E-state index in [0.29, 0.717) is 56.9 Å². The van der Waals surface area contributed by atoms with Gasteiger partial charge in [-0.05, 0) is 30.9 Å². The second-order valence-electron chi connectivity index (χ2n) is 10.6. The summed E-state index contributed by atoms with van der Waals surface area (Å²) in [4.78, 5) is 52.2. The van der Waals surface area contributed by atoms with E-state index in [4.69, 9.17) is 4.74 Å². The fraction of sp³-hybridized carbons (Fsp3) is 0.222. The minimum atomic E-state index is -0.166. The van der Waals surface area contributed by atoms with Crippen molar-refractivity contribution >= 4 is 23.1 Å². The van der Waals surface area contributed by atoms with E-state index < -0.39 is 0 Å². The first kappa shape index (κ1) is 26.6. The predicted octanol–water partition coefficient (Wildman–Crippen LogP) is 7.20. The zero-order valence-corrected chi connectivity index (χ0v) is 22.8. The number of ketones is 4. The molecule has 0 amide bonds. The smallest absolute Gasteiger partial charge is 0.198 e. The van der Waals surface area contributed by atoms with Crippen LogP contribution in [0.25, 0.3) is 0 Å². The topological polar surface area (TPSA) is 77.5 Å². The fourth-order valence-electron chi connectivity index (χ4n) is 5.97. The van der Waals surface area contributed by atoms with Crippen molar-refractivity contribution in [3.05, 3.63) is 135 Å². The molecular weight excluding hydrogens is 512 g/mol. The Labute approximate surface area is 239 Å². The molecule has 0 spiro atoms. The van der Waals surface area contributed by atoms with Crippen molar-refractivity contribution in [2.75, 3.05) is 6.61 Å². The maximum absolute atomic E-state index is 13.2. The van der Waals surface area contributed by atoms with E-state index in [1.165, 1.54) is 0 Å². The summed E-state index contributed by atoms with van der Waals surface area (Å²) in [6.45, 7) is 0.480. The van der Waals surface area contributed by atoms with Crippen molar-refractivity contribution in [2.45, 2.75) is 44.9 Å². The number of hydrogen-bond acceptors (Lipinski definition) is 5. The molecule has 0 fully saturated rings. The van der Waals surface area contributed by atoms with Crippen molar-refractivity contribution in [3.8, 4) is 5.75 Å². The molecule has 5 heteroatoms. The first-order valence-electron chi connectivity index (χ1n) is 14.3. The quantitative estimate of drug-likeness (QED) is 0.171. The zero-order valence-electron chi connectivity index (χ0n) is 22.8. The summed E-state index contributed by atoms with van der Waals surface area (Å²) in [7, 11) is 0. The van der Waals surface area contributed by atoms with Crippen molar-refractivity contribution in [3.63, 3.8) is 0 Å². The molecule has 0 unspecified atom stereocenters. The lowest BCUT2D eigenvalue weighted by atomic mass is 9.81. The molecule has 0 N–H and O–H groups in total. The van der Waals surface area contributed by atoms with E-state index in [0.717, 1.165) is 50.5 Å². The minimum Gasteiger partial charge on any atom is -0.493 e. The van der Waals surface area contributed by atoms with Gasteiger partial charge in [0.15, 0.2) is 23.1 Å². The van der Waals surface area contributed by atoms with Crippen LogP contribution in [0.4, 0.5) is 0 Å². The van der Waals surface area contributed by atoms with Crippen molar-refractivity contribution < 1.29 is 23.9 Å². The minimum absolute atomic E-state index is 0.0549. The lowest BCUT2D eigenvalue weighted by Crippen LogP contribution is -2.22. The largest absolute Gasteiger partial charge is 0.493 e. The Morgan fingerprint density at radius 1 is 0.415 bits per heavy atom. The molecule has 0 saturated carbocycles. The molecule has 204 valence electrons. The van der Waals surface area contributed by atoms with Crippen LogP contribution in [0, 0.1) is 0 Å². The van der Waals surface area contributed by atoms with Gasteiger partial charge in [-0.15, -0.1) is 0 Å². The highest BCUT2D eigenvalue weighted by atomic mass is 16.5. The molecule has 6 rings (SSSR count). The Kier molecular flexibility index (Phi) is 7.43. The Balaban J connectivity index is 0.967. The van der Waals surface area contributed by atoms with Crippen LogP contribution in [-0.4, -0.2) is 29.7 Å². The second kappa shape index (κ2) is 11.5. The van der Waals surface area contributed by atoms with Crippen LogP contribution in [-0.2, 0) is 6.42 Å². The van der Waals surface area contributed by atoms with Gasteiger partial charge in [-0.2, -0.15) is 0 Å². The van der Waals surface area contributed by atoms with E-state index in [-0.39, 0.29) is 23.1 Å². The predicted molar refractivity (Wildman–Crippen MR) is 156 cm³/mol. The zero-order chi connectivity index (χ0) is 28.3. The van der Waals surface area contributed by atoms with Crippen molar-refractivity contribution in [1.29, 1.82) is 0 Å². The fourth-order valence-corrected chi connectivity index (χ4v) is 5.97. The third kappa shape index (κ3) is 4.93. The maximum atomic E-state index is 13.2. The van der Waals surface area contributed by atoms with Gasteiger partial charge in [0.05, 0.1) is 12.2 Å². The van der Waals surface area contributed by atoms with Crippen LogP contribution in [0.1, 0.15) is 108 Å². The van der Waals surface area contributed by atoms with Gasteiger partial charge in [0.2, 0.25) is 0 Å². The summed E-state index contributed by atoms with van der Waals surface area (Å²) >= 11 is 0. The molecule has 4 aromatic rings. The summed E-state index contributed by atoms with van der Waals surface area (Å²) < 4.78 is 5.99. The number of rotatable bonds is 10. The number of carbonyl (C=O) groups excluding carboxylic acids is 4. The normalized spacial score (nSPS) is 13.4. The lowest BCUT2D eigenvalue weighted by Gasteiger charge is -2.20. The van der Waals surface area contributed by atoms with Crippen LogP contribution in [0.5, 0.6) is 5.75 Å². The maximum Gasteiger partial charge on any atom is 0.198 e. The van der Waals surface area contributed by atoms with Crippen LogP contribution in [0.15, 0.2) is 84.9 Å². The molecule has 2 aliphatic rings. The summed E-state index contributed by atoms with van der Waals surface area (Å²) in [5, 5.41) is 0. The standard InChI is InChI=1S/C36H30O5/c37-33-24-15-6-8-17-26(24)35(39)31-23(14-11-19-28(31)33)13-5-3-1-2-4-10-22-41-30-21-12-20-29-32(30)36(40)27-18-9-7-16-25(27)34(29)38/h6-9,11-12,14-21H,1-5,10,13,22H2. The number of ether oxygens (including phenoxy) is 1. The summed E-state index contributed by atoms with van der Waals surface area (Å²) in [6.07, 6.45) is 6.71. The van der Waals surface area contributed by atoms with E-state index in [1.807, 2.05) is 12.1 Å². The third-order valence-corrected chi connectivity index (χ3v) is 8.05. The number of hydrogen-bond donors (Lipinski definition) is 0. The molecule has 5 nitrogen and oxygen atoms in total. The van der Waals surface area contributed by atoms with Gasteiger partial charge in [-0.3, -0.25) is 19.2 Å². The van der Waals surface area contributed by atoms with Crippen LogP contribution < -0.4 is 4.74 Å². The Bertz CT molecular complexity index is 1570. The van der Waals surface area contributed by atoms with E-state index in [9.17, 15) is 19.2 Å². The Morgan fingerprint density at radius 2 is 0.878 bits per heavy atom.